The van der Waals surface area contributed by atoms with Gasteiger partial charge in [0, 0.05) is 11.4 Å². The molecule has 0 bridgehead atoms. The summed E-state index contributed by atoms with van der Waals surface area (Å²) in [4.78, 5) is 12.9. The van der Waals surface area contributed by atoms with E-state index >= 15 is 0 Å². The Morgan fingerprint density at radius 2 is 1.41 bits per heavy atom. The number of nitrogens with zero attached hydrogens (tertiary/aromatic N) is 1. The van der Waals surface area contributed by atoms with Crippen molar-refractivity contribution in [1.29, 1.82) is 0 Å². The molecule has 0 saturated heterocycles. The maximum atomic E-state index is 12.9. The first kappa shape index (κ1) is 27.8. The molecule has 0 aliphatic carbocycles. The number of amides is 1. The van der Waals surface area contributed by atoms with Gasteiger partial charge in [0.15, 0.2) is 0 Å². The van der Waals surface area contributed by atoms with Crippen molar-refractivity contribution in [1.82, 2.24) is 0 Å². The average molecular weight is 548 g/mol. The molecule has 0 spiro atoms. The molecule has 1 atom stereocenters. The minimum absolute atomic E-state index is 0.0125. The molecule has 2 N–H and O–H groups in total. The third-order valence-electron chi connectivity index (χ3n) is 5.27. The van der Waals surface area contributed by atoms with E-state index in [4.69, 9.17) is 9.47 Å². The van der Waals surface area contributed by atoms with E-state index in [1.165, 1.54) is 38.3 Å². The van der Waals surface area contributed by atoms with E-state index in [1.807, 2.05) is 6.92 Å². The standard InChI is InChI=1S/C25H29N3O7S2/c1-5-35-23-14-10-21(11-15-23)28(36(4,30)31)18(2)25(29)26-19-8-16-24(17-9-19)37(32,33)27-20-6-12-22(34-3)13-7-20/h6-18,27H,5H2,1-4H3,(H,26,29)/t18-/m1/s1. The van der Waals surface area contributed by atoms with Gasteiger partial charge in [-0.1, -0.05) is 0 Å². The summed E-state index contributed by atoms with van der Waals surface area (Å²) in [5.74, 6) is 0.578. The summed E-state index contributed by atoms with van der Waals surface area (Å²) < 4.78 is 64.4. The fourth-order valence-corrected chi connectivity index (χ4v) is 5.74. The Hall–Kier alpha value is -3.77. The molecule has 10 nitrogen and oxygen atoms in total. The summed E-state index contributed by atoms with van der Waals surface area (Å²) in [7, 11) is -6.16. The monoisotopic (exact) mass is 547 g/mol. The second-order valence-electron chi connectivity index (χ2n) is 8.01. The largest absolute Gasteiger partial charge is 0.497 e. The molecule has 0 aliphatic rings. The maximum absolute atomic E-state index is 12.9. The number of sulfonamides is 2. The smallest absolute Gasteiger partial charge is 0.261 e. The van der Waals surface area contributed by atoms with Crippen molar-refractivity contribution in [3.8, 4) is 11.5 Å². The van der Waals surface area contributed by atoms with Crippen LogP contribution >= 0.6 is 0 Å². The summed E-state index contributed by atoms with van der Waals surface area (Å²) in [6, 6.07) is 17.2. The van der Waals surface area contributed by atoms with Gasteiger partial charge in [-0.25, -0.2) is 16.8 Å². The number of carbonyl (C=O) groups excluding carboxylic acids is 1. The Morgan fingerprint density at radius 1 is 0.865 bits per heavy atom. The Balaban J connectivity index is 1.73. The zero-order valence-corrected chi connectivity index (χ0v) is 22.5. The molecular formula is C25H29N3O7S2. The molecule has 0 saturated carbocycles. The van der Waals surface area contributed by atoms with Gasteiger partial charge in [0.25, 0.3) is 10.0 Å². The second kappa shape index (κ2) is 11.5. The normalized spacial score (nSPS) is 12.3. The number of carbonyl (C=O) groups is 1. The second-order valence-corrected chi connectivity index (χ2v) is 11.6. The molecule has 0 unspecified atom stereocenters. The van der Waals surface area contributed by atoms with Crippen molar-refractivity contribution in [2.75, 3.05) is 34.3 Å². The lowest BCUT2D eigenvalue weighted by molar-refractivity contribution is -0.116. The topological polar surface area (TPSA) is 131 Å². The van der Waals surface area contributed by atoms with E-state index in [-0.39, 0.29) is 4.90 Å². The van der Waals surface area contributed by atoms with E-state index in [2.05, 4.69) is 10.0 Å². The summed E-state index contributed by atoms with van der Waals surface area (Å²) in [6.07, 6.45) is 1.02. The Kier molecular flexibility index (Phi) is 8.66. The van der Waals surface area contributed by atoms with E-state index in [1.54, 1.807) is 48.5 Å². The van der Waals surface area contributed by atoms with Gasteiger partial charge in [-0.05, 0) is 86.6 Å². The number of hydrogen-bond donors (Lipinski definition) is 2. The summed E-state index contributed by atoms with van der Waals surface area (Å²) >= 11 is 0. The number of hydrogen-bond acceptors (Lipinski definition) is 7. The Morgan fingerprint density at radius 3 is 1.92 bits per heavy atom. The van der Waals surface area contributed by atoms with E-state index in [9.17, 15) is 21.6 Å². The first-order chi connectivity index (χ1) is 17.4. The molecule has 0 aromatic heterocycles. The van der Waals surface area contributed by atoms with Gasteiger partial charge in [0.2, 0.25) is 15.9 Å². The molecule has 37 heavy (non-hydrogen) atoms. The SMILES string of the molecule is CCOc1ccc(N([C@H](C)C(=O)Nc2ccc(S(=O)(=O)Nc3ccc(OC)cc3)cc2)S(C)(=O)=O)cc1. The van der Waals surface area contributed by atoms with Crippen LogP contribution in [-0.4, -0.2) is 48.8 Å². The van der Waals surface area contributed by atoms with Gasteiger partial charge < -0.3 is 14.8 Å². The number of methoxy groups -OCH3 is 1. The highest BCUT2D eigenvalue weighted by atomic mass is 32.2. The fraction of sp³-hybridized carbons (Fsp3) is 0.240. The zero-order chi connectivity index (χ0) is 27.2. The van der Waals surface area contributed by atoms with Crippen LogP contribution in [0.4, 0.5) is 17.1 Å². The molecule has 12 heteroatoms. The highest BCUT2D eigenvalue weighted by Crippen LogP contribution is 2.25. The summed E-state index contributed by atoms with van der Waals surface area (Å²) in [5, 5.41) is 2.64. The molecule has 1 amide bonds. The van der Waals surface area contributed by atoms with Gasteiger partial charge in [-0.2, -0.15) is 0 Å². The van der Waals surface area contributed by atoms with E-state index in [0.29, 0.717) is 35.2 Å². The minimum atomic E-state index is -3.87. The summed E-state index contributed by atoms with van der Waals surface area (Å²) in [5.41, 5.74) is 0.974. The van der Waals surface area contributed by atoms with Crippen LogP contribution in [0.15, 0.2) is 77.7 Å². The predicted molar refractivity (Wildman–Crippen MR) is 143 cm³/mol. The molecular weight excluding hydrogens is 518 g/mol. The molecule has 3 rings (SSSR count). The van der Waals surface area contributed by atoms with Crippen LogP contribution in [0.1, 0.15) is 13.8 Å². The Bertz CT molecular complexity index is 1420. The number of benzene rings is 3. The fourth-order valence-electron chi connectivity index (χ4n) is 3.50. The van der Waals surface area contributed by atoms with Crippen LogP contribution in [0.5, 0.6) is 11.5 Å². The van der Waals surface area contributed by atoms with Crippen LogP contribution in [0.2, 0.25) is 0 Å². The van der Waals surface area contributed by atoms with Crippen molar-refractivity contribution in [3.05, 3.63) is 72.8 Å². The number of nitrogens with one attached hydrogen (secondary N) is 2. The molecule has 3 aromatic carbocycles. The molecule has 0 heterocycles. The van der Waals surface area contributed by atoms with E-state index < -0.39 is 32.0 Å². The third kappa shape index (κ3) is 7.14. The first-order valence-corrected chi connectivity index (χ1v) is 14.6. The van der Waals surface area contributed by atoms with E-state index in [0.717, 1.165) is 10.6 Å². The molecule has 0 aliphatic heterocycles. The maximum Gasteiger partial charge on any atom is 0.261 e. The van der Waals surface area contributed by atoms with Gasteiger partial charge in [0.05, 0.1) is 30.6 Å². The van der Waals surface area contributed by atoms with Crippen LogP contribution in [0.25, 0.3) is 0 Å². The highest BCUT2D eigenvalue weighted by molar-refractivity contribution is 7.92. The van der Waals surface area contributed by atoms with Crippen LogP contribution < -0.4 is 23.8 Å². The zero-order valence-electron chi connectivity index (χ0n) is 20.8. The lowest BCUT2D eigenvalue weighted by atomic mass is 10.2. The number of rotatable bonds is 11. The summed E-state index contributed by atoms with van der Waals surface area (Å²) in [6.45, 7) is 3.76. The molecule has 0 radical (unpaired) electrons. The van der Waals surface area contributed by atoms with Gasteiger partial charge in [-0.15, -0.1) is 0 Å². The lowest BCUT2D eigenvalue weighted by Crippen LogP contribution is -2.45. The molecule has 198 valence electrons. The first-order valence-electron chi connectivity index (χ1n) is 11.2. The lowest BCUT2D eigenvalue weighted by Gasteiger charge is -2.28. The third-order valence-corrected chi connectivity index (χ3v) is 7.90. The molecule has 3 aromatic rings. The highest BCUT2D eigenvalue weighted by Gasteiger charge is 2.29. The average Bonchev–Trinajstić information content (AvgIpc) is 2.85. The van der Waals surface area contributed by atoms with Crippen LogP contribution in [0.3, 0.4) is 0 Å². The van der Waals surface area contributed by atoms with Crippen molar-refractivity contribution in [2.45, 2.75) is 24.8 Å². The molecule has 0 fully saturated rings. The van der Waals surface area contributed by atoms with Gasteiger partial charge in [-0.3, -0.25) is 13.8 Å². The van der Waals surface area contributed by atoms with Crippen molar-refractivity contribution in [2.24, 2.45) is 0 Å². The number of ether oxygens (including phenoxy) is 2. The number of anilines is 3. The van der Waals surface area contributed by atoms with Crippen LogP contribution in [-0.2, 0) is 24.8 Å². The van der Waals surface area contributed by atoms with Crippen molar-refractivity contribution >= 4 is 43.0 Å². The Labute approximate surface area is 217 Å². The van der Waals surface area contributed by atoms with Gasteiger partial charge in [0.1, 0.15) is 17.5 Å². The van der Waals surface area contributed by atoms with Gasteiger partial charge >= 0.3 is 0 Å². The minimum Gasteiger partial charge on any atom is -0.497 e. The quantitative estimate of drug-likeness (QED) is 0.374. The van der Waals surface area contributed by atoms with Crippen LogP contribution in [0, 0.1) is 0 Å². The van der Waals surface area contributed by atoms with Crippen molar-refractivity contribution in [3.63, 3.8) is 0 Å². The van der Waals surface area contributed by atoms with Crippen molar-refractivity contribution < 1.29 is 31.1 Å². The predicted octanol–water partition coefficient (Wildman–Crippen LogP) is 3.69.